The van der Waals surface area contributed by atoms with Gasteiger partial charge >= 0.3 is 0 Å². The fraction of sp³-hybridized carbons (Fsp3) is 0.583. The first kappa shape index (κ1) is 24.1. The van der Waals surface area contributed by atoms with Gasteiger partial charge in [-0.1, -0.05) is 55.9 Å². The Labute approximate surface area is 172 Å². The van der Waals surface area contributed by atoms with E-state index >= 15 is 0 Å². The third-order valence-electron chi connectivity index (χ3n) is 5.19. The van der Waals surface area contributed by atoms with E-state index in [0.29, 0.717) is 17.5 Å². The number of amides is 1. The van der Waals surface area contributed by atoms with Crippen LogP contribution in [0.2, 0.25) is 0 Å². The van der Waals surface area contributed by atoms with Gasteiger partial charge in [-0.2, -0.15) is 0 Å². The Morgan fingerprint density at radius 1 is 1.18 bits per heavy atom. The molecular weight excluding hydrogens is 346 g/mol. The molecule has 0 aromatic rings. The maximum atomic E-state index is 12.1. The maximum absolute atomic E-state index is 12.1. The van der Waals surface area contributed by atoms with Gasteiger partial charge in [0.15, 0.2) is 0 Å². The van der Waals surface area contributed by atoms with Gasteiger partial charge in [0.05, 0.1) is 5.57 Å². The molecule has 2 aliphatic carbocycles. The number of carbonyl (C=O) groups excluding carboxylic acids is 1. The number of nitrogens with zero attached hydrogens (tertiary/aromatic N) is 1. The molecule has 1 fully saturated rings. The zero-order valence-corrected chi connectivity index (χ0v) is 18.2. The van der Waals surface area contributed by atoms with Gasteiger partial charge in [-0.3, -0.25) is 9.79 Å². The van der Waals surface area contributed by atoms with Crippen molar-refractivity contribution < 1.29 is 4.79 Å². The van der Waals surface area contributed by atoms with E-state index in [-0.39, 0.29) is 5.91 Å². The van der Waals surface area contributed by atoms with Gasteiger partial charge in [-0.25, -0.2) is 0 Å². The van der Waals surface area contributed by atoms with Crippen LogP contribution in [0.1, 0.15) is 59.3 Å². The topological polar surface area (TPSA) is 53.5 Å². The molecule has 28 heavy (non-hydrogen) atoms. The first-order chi connectivity index (χ1) is 13.7. The van der Waals surface area contributed by atoms with Crippen LogP contribution in [0.5, 0.6) is 0 Å². The van der Waals surface area contributed by atoms with E-state index in [4.69, 9.17) is 0 Å². The number of rotatable bonds is 8. The molecule has 0 aromatic carbocycles. The summed E-state index contributed by atoms with van der Waals surface area (Å²) in [5.41, 5.74) is 2.13. The van der Waals surface area contributed by atoms with Gasteiger partial charge in [-0.15, -0.1) is 0 Å². The van der Waals surface area contributed by atoms with Crippen molar-refractivity contribution in [2.24, 2.45) is 10.9 Å². The highest BCUT2D eigenvalue weighted by atomic mass is 16.1. The Morgan fingerprint density at radius 2 is 1.93 bits per heavy atom. The largest absolute Gasteiger partial charge is 0.352 e. The maximum Gasteiger partial charge on any atom is 0.252 e. The van der Waals surface area contributed by atoms with Crippen molar-refractivity contribution in [1.29, 1.82) is 0 Å². The average Bonchev–Trinajstić information content (AvgIpc) is 3.01. The summed E-state index contributed by atoms with van der Waals surface area (Å²) in [4.78, 5) is 16.0. The molecule has 4 heteroatoms. The average molecular weight is 386 g/mol. The Hall–Kier alpha value is -1.94. The van der Waals surface area contributed by atoms with Crippen molar-refractivity contribution in [2.75, 3.05) is 20.1 Å². The minimum absolute atomic E-state index is 0.0156. The minimum Gasteiger partial charge on any atom is -0.352 e. The van der Waals surface area contributed by atoms with Gasteiger partial charge in [0.2, 0.25) is 0 Å². The minimum atomic E-state index is -0.0156. The third-order valence-corrected chi connectivity index (χ3v) is 5.19. The van der Waals surface area contributed by atoms with Crippen molar-refractivity contribution in [2.45, 2.75) is 65.3 Å². The lowest BCUT2D eigenvalue weighted by Gasteiger charge is -2.29. The second kappa shape index (κ2) is 15.0. The molecule has 0 saturated heterocycles. The normalized spacial score (nSPS) is 22.3. The van der Waals surface area contributed by atoms with Crippen molar-refractivity contribution in [3.05, 3.63) is 47.6 Å². The SMILES string of the molecule is C/C=C(\C=NC)C(=O)NCC1CCC(NCCC2=CC=CC=CC2)CC1.CC. The molecule has 0 aromatic heterocycles. The molecule has 4 nitrogen and oxygen atoms in total. The Morgan fingerprint density at radius 3 is 2.61 bits per heavy atom. The molecule has 0 spiro atoms. The smallest absolute Gasteiger partial charge is 0.252 e. The number of hydrogen-bond donors (Lipinski definition) is 2. The lowest BCUT2D eigenvalue weighted by atomic mass is 9.86. The fourth-order valence-electron chi connectivity index (χ4n) is 3.56. The number of allylic oxidation sites excluding steroid dienone is 6. The summed E-state index contributed by atoms with van der Waals surface area (Å²) in [6, 6.07) is 0.623. The standard InChI is InChI=1S/C22H33N3O.C2H6/c1-3-20(17-23-2)22(26)25-16-19-10-12-21(13-11-19)24-15-14-18-8-6-4-5-7-9-18;1-2/h3-8,17,19,21,24H,9-16H2,1-2H3,(H,25,26);1-2H3/b20-3+,23-17?;. The molecule has 0 heterocycles. The fourth-order valence-corrected chi connectivity index (χ4v) is 3.56. The van der Waals surface area contributed by atoms with Crippen molar-refractivity contribution in [3.8, 4) is 0 Å². The van der Waals surface area contributed by atoms with Crippen molar-refractivity contribution in [3.63, 3.8) is 0 Å². The lowest BCUT2D eigenvalue weighted by Crippen LogP contribution is -2.37. The molecule has 1 saturated carbocycles. The third kappa shape index (κ3) is 9.32. The summed E-state index contributed by atoms with van der Waals surface area (Å²) < 4.78 is 0. The number of hydrogen-bond acceptors (Lipinski definition) is 3. The van der Waals surface area contributed by atoms with Crippen LogP contribution in [0.3, 0.4) is 0 Å². The van der Waals surface area contributed by atoms with Crippen LogP contribution < -0.4 is 10.6 Å². The van der Waals surface area contributed by atoms with Crippen LogP contribution in [0, 0.1) is 5.92 Å². The first-order valence-electron chi connectivity index (χ1n) is 10.8. The molecule has 1 amide bonds. The lowest BCUT2D eigenvalue weighted by molar-refractivity contribution is -0.117. The molecule has 0 aliphatic heterocycles. The molecule has 2 rings (SSSR count). The van der Waals surface area contributed by atoms with Gasteiger partial charge in [-0.05, 0) is 57.9 Å². The van der Waals surface area contributed by atoms with Crippen LogP contribution in [-0.2, 0) is 4.79 Å². The van der Waals surface area contributed by atoms with Crippen molar-refractivity contribution >= 4 is 12.1 Å². The summed E-state index contributed by atoms with van der Waals surface area (Å²) in [5, 5.41) is 6.77. The van der Waals surface area contributed by atoms with E-state index in [9.17, 15) is 4.79 Å². The van der Waals surface area contributed by atoms with E-state index in [1.54, 1.807) is 19.3 Å². The zero-order valence-electron chi connectivity index (χ0n) is 18.2. The van der Waals surface area contributed by atoms with E-state index in [1.165, 1.54) is 31.3 Å². The molecule has 156 valence electrons. The van der Waals surface area contributed by atoms with E-state index in [0.717, 1.165) is 25.9 Å². The van der Waals surface area contributed by atoms with Gasteiger partial charge in [0.1, 0.15) is 0 Å². The number of aliphatic imine (C=N–C) groups is 1. The van der Waals surface area contributed by atoms with Crippen LogP contribution >= 0.6 is 0 Å². The second-order valence-electron chi connectivity index (χ2n) is 7.11. The van der Waals surface area contributed by atoms with E-state index in [1.807, 2.05) is 20.8 Å². The highest BCUT2D eigenvalue weighted by Gasteiger charge is 2.21. The summed E-state index contributed by atoms with van der Waals surface area (Å²) in [6.45, 7) is 7.69. The Kier molecular flexibility index (Phi) is 12.9. The Balaban J connectivity index is 0.00000190. The summed E-state index contributed by atoms with van der Waals surface area (Å²) >= 11 is 0. The molecule has 0 bridgehead atoms. The molecule has 2 aliphatic rings. The molecule has 0 atom stereocenters. The van der Waals surface area contributed by atoms with Crippen LogP contribution in [0.15, 0.2) is 52.6 Å². The van der Waals surface area contributed by atoms with Crippen molar-refractivity contribution in [1.82, 2.24) is 10.6 Å². The van der Waals surface area contributed by atoms with Gasteiger partial charge < -0.3 is 10.6 Å². The second-order valence-corrected chi connectivity index (χ2v) is 7.11. The molecule has 0 unspecified atom stereocenters. The van der Waals surface area contributed by atoms with Crippen LogP contribution in [0.4, 0.5) is 0 Å². The first-order valence-corrected chi connectivity index (χ1v) is 10.8. The molecule has 0 radical (unpaired) electrons. The number of carbonyl (C=O) groups is 1. The predicted octanol–water partition coefficient (Wildman–Crippen LogP) is 4.76. The monoisotopic (exact) mass is 385 g/mol. The quantitative estimate of drug-likeness (QED) is 0.468. The van der Waals surface area contributed by atoms with E-state index in [2.05, 4.69) is 46.0 Å². The predicted molar refractivity (Wildman–Crippen MR) is 122 cm³/mol. The van der Waals surface area contributed by atoms with Gasteiger partial charge in [0, 0.05) is 25.8 Å². The van der Waals surface area contributed by atoms with Crippen LogP contribution in [-0.4, -0.2) is 38.3 Å². The van der Waals surface area contributed by atoms with Gasteiger partial charge in [0.25, 0.3) is 5.91 Å². The molecular formula is C24H39N3O. The summed E-state index contributed by atoms with van der Waals surface area (Å²) in [5.74, 6) is 0.576. The number of nitrogens with one attached hydrogen (secondary N) is 2. The Bertz CT molecular complexity index is 591. The summed E-state index contributed by atoms with van der Waals surface area (Å²) in [6.07, 6.45) is 21.2. The van der Waals surface area contributed by atoms with E-state index < -0.39 is 0 Å². The van der Waals surface area contributed by atoms with Crippen LogP contribution in [0.25, 0.3) is 0 Å². The zero-order chi connectivity index (χ0) is 20.6. The molecule has 2 N–H and O–H groups in total. The highest BCUT2D eigenvalue weighted by molar-refractivity contribution is 6.12. The highest BCUT2D eigenvalue weighted by Crippen LogP contribution is 2.24. The summed E-state index contributed by atoms with van der Waals surface area (Å²) in [7, 11) is 1.69.